The van der Waals surface area contributed by atoms with Crippen LogP contribution in [0.25, 0.3) is 0 Å². The van der Waals surface area contributed by atoms with Gasteiger partial charge in [-0.05, 0) is 6.07 Å². The van der Waals surface area contributed by atoms with Gasteiger partial charge in [0.05, 0.1) is 9.90 Å². The number of carbonyl (C=O) groups is 1. The van der Waals surface area contributed by atoms with Crippen LogP contribution in [0.1, 0.15) is 9.67 Å². The monoisotopic (exact) mass is 246 g/mol. The summed E-state index contributed by atoms with van der Waals surface area (Å²) in [5.41, 5.74) is 0. The second kappa shape index (κ2) is 3.73. The zero-order valence-corrected chi connectivity index (χ0v) is 9.10. The number of nitrogens with zero attached hydrogens (tertiary/aromatic N) is 2. The topological polar surface area (TPSA) is 34.9 Å². The summed E-state index contributed by atoms with van der Waals surface area (Å²) in [7, 11) is 0. The molecule has 0 aliphatic carbocycles. The Morgan fingerprint density at radius 2 is 2.29 bits per heavy atom. The third-order valence-electron chi connectivity index (χ3n) is 1.59. The average molecular weight is 247 g/mol. The molecule has 0 aliphatic rings. The first kappa shape index (κ1) is 9.71. The van der Waals surface area contributed by atoms with Crippen molar-refractivity contribution in [3.63, 3.8) is 0 Å². The molecule has 0 amide bonds. The van der Waals surface area contributed by atoms with E-state index < -0.39 is 0 Å². The molecule has 0 aliphatic heterocycles. The number of halogens is 2. The Labute approximate surface area is 93.9 Å². The molecule has 0 radical (unpaired) electrons. The summed E-state index contributed by atoms with van der Waals surface area (Å²) in [5, 5.41) is 0.403. The maximum atomic E-state index is 11.7. The van der Waals surface area contributed by atoms with Gasteiger partial charge in [0.25, 0.3) is 5.91 Å². The molecule has 3 nitrogen and oxygen atoms in total. The van der Waals surface area contributed by atoms with Crippen LogP contribution in [0.15, 0.2) is 24.8 Å². The van der Waals surface area contributed by atoms with Gasteiger partial charge in [0.2, 0.25) is 0 Å². The van der Waals surface area contributed by atoms with E-state index in [0.29, 0.717) is 14.2 Å². The fourth-order valence-corrected chi connectivity index (χ4v) is 2.27. The van der Waals surface area contributed by atoms with E-state index in [-0.39, 0.29) is 5.91 Å². The molecule has 6 heteroatoms. The number of carbonyl (C=O) groups excluding carboxylic acids is 1. The van der Waals surface area contributed by atoms with E-state index in [1.807, 2.05) is 0 Å². The molecule has 0 spiro atoms. The lowest BCUT2D eigenvalue weighted by Gasteiger charge is -1.95. The second-order valence-electron chi connectivity index (χ2n) is 2.51. The number of rotatable bonds is 1. The van der Waals surface area contributed by atoms with E-state index in [9.17, 15) is 4.79 Å². The Balaban J connectivity index is 2.37. The summed E-state index contributed by atoms with van der Waals surface area (Å²) in [6.45, 7) is 0. The summed E-state index contributed by atoms with van der Waals surface area (Å²) >= 11 is 12.6. The van der Waals surface area contributed by atoms with E-state index in [2.05, 4.69) is 4.98 Å². The molecule has 2 aromatic rings. The van der Waals surface area contributed by atoms with E-state index in [1.54, 1.807) is 12.3 Å². The van der Waals surface area contributed by atoms with E-state index in [0.717, 1.165) is 11.3 Å². The molecule has 0 N–H and O–H groups in total. The molecular formula is C8H4Cl2N2OS. The van der Waals surface area contributed by atoms with Gasteiger partial charge in [-0.2, -0.15) is 0 Å². The van der Waals surface area contributed by atoms with Gasteiger partial charge >= 0.3 is 0 Å². The quantitative estimate of drug-likeness (QED) is 0.776. The number of hydrogen-bond donors (Lipinski definition) is 0. The predicted octanol–water partition coefficient (Wildman–Crippen LogP) is 2.94. The van der Waals surface area contributed by atoms with Gasteiger partial charge < -0.3 is 0 Å². The van der Waals surface area contributed by atoms with Crippen LogP contribution in [0, 0.1) is 0 Å². The van der Waals surface area contributed by atoms with Gasteiger partial charge in [0, 0.05) is 12.4 Å². The molecule has 2 rings (SSSR count). The highest BCUT2D eigenvalue weighted by molar-refractivity contribution is 7.18. The van der Waals surface area contributed by atoms with E-state index >= 15 is 0 Å². The molecule has 0 unspecified atom stereocenters. The SMILES string of the molecule is O=C(c1cc(Cl)c(Cl)s1)n1ccnc1. The van der Waals surface area contributed by atoms with E-state index in [1.165, 1.54) is 17.1 Å². The Hall–Kier alpha value is -0.840. The third kappa shape index (κ3) is 1.68. The van der Waals surface area contributed by atoms with Crippen LogP contribution in [0.3, 0.4) is 0 Å². The van der Waals surface area contributed by atoms with Crippen LogP contribution in [-0.4, -0.2) is 15.5 Å². The summed E-state index contributed by atoms with van der Waals surface area (Å²) < 4.78 is 1.80. The normalized spacial score (nSPS) is 10.4. The zero-order valence-electron chi connectivity index (χ0n) is 6.78. The number of thiophene rings is 1. The lowest BCUT2D eigenvalue weighted by molar-refractivity contribution is 0.0964. The standard InChI is InChI=1S/C8H4Cl2N2OS/c9-5-3-6(14-7(5)10)8(13)12-2-1-11-4-12/h1-4H. The van der Waals surface area contributed by atoms with Crippen molar-refractivity contribution in [3.8, 4) is 0 Å². The number of imidazole rings is 1. The molecule has 0 fully saturated rings. The maximum absolute atomic E-state index is 11.7. The first-order chi connectivity index (χ1) is 6.68. The maximum Gasteiger partial charge on any atom is 0.273 e. The van der Waals surface area contributed by atoms with Crippen LogP contribution in [0.5, 0.6) is 0 Å². The summed E-state index contributed by atoms with van der Waals surface area (Å²) in [4.78, 5) is 16.0. The van der Waals surface area contributed by atoms with Gasteiger partial charge in [-0.25, -0.2) is 4.98 Å². The molecule has 2 aromatic heterocycles. The van der Waals surface area contributed by atoms with Gasteiger partial charge in [-0.1, -0.05) is 23.2 Å². The highest BCUT2D eigenvalue weighted by Gasteiger charge is 2.13. The molecule has 0 saturated carbocycles. The van der Waals surface area contributed by atoms with Crippen molar-refractivity contribution >= 4 is 40.4 Å². The van der Waals surface area contributed by atoms with Crippen molar-refractivity contribution < 1.29 is 4.79 Å². The third-order valence-corrected chi connectivity index (χ3v) is 3.45. The summed E-state index contributed by atoms with van der Waals surface area (Å²) in [5.74, 6) is -0.179. The van der Waals surface area contributed by atoms with Crippen LogP contribution < -0.4 is 0 Å². The minimum atomic E-state index is -0.179. The van der Waals surface area contributed by atoms with Crippen molar-refractivity contribution in [1.29, 1.82) is 0 Å². The predicted molar refractivity (Wildman–Crippen MR) is 56.3 cm³/mol. The Morgan fingerprint density at radius 3 is 2.79 bits per heavy atom. The van der Waals surface area contributed by atoms with Crippen molar-refractivity contribution in [3.05, 3.63) is 39.0 Å². The largest absolute Gasteiger partial charge is 0.273 e. The molecule has 0 aromatic carbocycles. The average Bonchev–Trinajstić information content (AvgIpc) is 2.76. The Bertz CT molecular complexity index is 444. The van der Waals surface area contributed by atoms with Crippen LogP contribution in [0.2, 0.25) is 9.36 Å². The van der Waals surface area contributed by atoms with Gasteiger partial charge in [0.15, 0.2) is 0 Å². The summed E-state index contributed by atoms with van der Waals surface area (Å²) in [6, 6.07) is 1.55. The first-order valence-electron chi connectivity index (χ1n) is 3.66. The van der Waals surface area contributed by atoms with Crippen LogP contribution >= 0.6 is 34.5 Å². The van der Waals surface area contributed by atoms with Crippen molar-refractivity contribution in [1.82, 2.24) is 9.55 Å². The van der Waals surface area contributed by atoms with Gasteiger partial charge in [-0.15, -0.1) is 11.3 Å². The first-order valence-corrected chi connectivity index (χ1v) is 5.23. The van der Waals surface area contributed by atoms with Gasteiger partial charge in [-0.3, -0.25) is 9.36 Å². The minimum Gasteiger partial charge on any atom is -0.272 e. The summed E-state index contributed by atoms with van der Waals surface area (Å²) in [6.07, 6.45) is 4.54. The van der Waals surface area contributed by atoms with Crippen LogP contribution in [-0.2, 0) is 0 Å². The minimum absolute atomic E-state index is 0.179. The molecular weight excluding hydrogens is 243 g/mol. The number of hydrogen-bond acceptors (Lipinski definition) is 3. The fourth-order valence-electron chi connectivity index (χ4n) is 0.958. The van der Waals surface area contributed by atoms with Crippen molar-refractivity contribution in [2.75, 3.05) is 0 Å². The smallest absolute Gasteiger partial charge is 0.272 e. The lowest BCUT2D eigenvalue weighted by atomic mass is 10.4. The Kier molecular flexibility index (Phi) is 2.58. The van der Waals surface area contributed by atoms with Crippen molar-refractivity contribution in [2.45, 2.75) is 0 Å². The molecule has 0 saturated heterocycles. The molecule has 72 valence electrons. The molecule has 14 heavy (non-hydrogen) atoms. The molecule has 0 bridgehead atoms. The number of aromatic nitrogens is 2. The zero-order chi connectivity index (χ0) is 10.1. The second-order valence-corrected chi connectivity index (χ2v) is 4.57. The van der Waals surface area contributed by atoms with E-state index in [4.69, 9.17) is 23.2 Å². The molecule has 2 heterocycles. The van der Waals surface area contributed by atoms with Crippen LogP contribution in [0.4, 0.5) is 0 Å². The molecule has 0 atom stereocenters. The van der Waals surface area contributed by atoms with Crippen molar-refractivity contribution in [2.24, 2.45) is 0 Å². The highest BCUT2D eigenvalue weighted by Crippen LogP contribution is 2.31. The fraction of sp³-hybridized carbons (Fsp3) is 0. The highest BCUT2D eigenvalue weighted by atomic mass is 35.5. The van der Waals surface area contributed by atoms with Gasteiger partial charge in [0.1, 0.15) is 10.7 Å². The Morgan fingerprint density at radius 1 is 1.50 bits per heavy atom. The lowest BCUT2D eigenvalue weighted by Crippen LogP contribution is -2.07.